The third kappa shape index (κ3) is 4.81. The zero-order valence-electron chi connectivity index (χ0n) is 21.9. The Morgan fingerprint density at radius 1 is 1.13 bits per heavy atom. The van der Waals surface area contributed by atoms with Gasteiger partial charge in [-0.3, -0.25) is 14.9 Å². The largest absolute Gasteiger partial charge is 0.500 e. The molecule has 0 bridgehead atoms. The van der Waals surface area contributed by atoms with Gasteiger partial charge in [0.1, 0.15) is 5.75 Å². The normalized spacial score (nSPS) is 19.2. The number of methoxy groups -OCH3 is 2. The van der Waals surface area contributed by atoms with Gasteiger partial charge in [-0.05, 0) is 50.5 Å². The first-order valence-corrected chi connectivity index (χ1v) is 12.2. The molecular weight excluding hydrogens is 492 g/mol. The first-order valence-electron chi connectivity index (χ1n) is 12.2. The van der Waals surface area contributed by atoms with Gasteiger partial charge in [-0.25, -0.2) is 4.79 Å². The van der Waals surface area contributed by atoms with Crippen LogP contribution in [-0.4, -0.2) is 42.1 Å². The molecule has 10 heteroatoms. The summed E-state index contributed by atoms with van der Waals surface area (Å²) in [6.45, 7) is 5.13. The van der Waals surface area contributed by atoms with Crippen molar-refractivity contribution in [1.82, 2.24) is 5.32 Å². The summed E-state index contributed by atoms with van der Waals surface area (Å²) >= 11 is 0. The first kappa shape index (κ1) is 26.7. The average molecular weight is 523 g/mol. The van der Waals surface area contributed by atoms with Gasteiger partial charge in [-0.2, -0.15) is 0 Å². The van der Waals surface area contributed by atoms with Crippen LogP contribution in [0.5, 0.6) is 17.2 Å². The maximum Gasteiger partial charge on any atom is 0.337 e. The smallest absolute Gasteiger partial charge is 0.337 e. The Morgan fingerprint density at radius 2 is 1.82 bits per heavy atom. The fourth-order valence-corrected chi connectivity index (χ4v) is 5.22. The highest BCUT2D eigenvalue weighted by atomic mass is 16.6. The van der Waals surface area contributed by atoms with Crippen molar-refractivity contribution in [3.05, 3.63) is 80.2 Å². The number of nitro groups is 1. The Bertz CT molecular complexity index is 1370. The summed E-state index contributed by atoms with van der Waals surface area (Å²) < 4.78 is 16.2. The van der Waals surface area contributed by atoms with E-state index in [1.165, 1.54) is 19.2 Å². The maximum absolute atomic E-state index is 13.8. The molecule has 1 aliphatic carbocycles. The second-order valence-corrected chi connectivity index (χ2v) is 9.56. The highest BCUT2D eigenvalue weighted by Gasteiger charge is 2.43. The van der Waals surface area contributed by atoms with Gasteiger partial charge in [0.2, 0.25) is 5.75 Å². The molecule has 0 amide bonds. The standard InChI is InChI=1S/C28H30N2O8/c1-14(2)38-28(33)24-15(3)29-19-10-16(18-8-6-7-9-22(18)36-4)12-21(31)26(19)25(24)17-11-20(30(34)35)27(32)23(13-17)37-5/h6-9,11,13-14,16,25,29,32H,10,12H2,1-5H3/t16-,25-/m1/s1. The van der Waals surface area contributed by atoms with E-state index in [9.17, 15) is 24.8 Å². The van der Waals surface area contributed by atoms with Crippen LogP contribution in [0.4, 0.5) is 5.69 Å². The van der Waals surface area contributed by atoms with Crippen molar-refractivity contribution in [2.45, 2.75) is 51.6 Å². The topological polar surface area (TPSA) is 137 Å². The fraction of sp³-hybridized carbons (Fsp3) is 0.357. The number of carbonyl (C=O) groups excluding carboxylic acids is 2. The summed E-state index contributed by atoms with van der Waals surface area (Å²) in [5, 5.41) is 25.3. The van der Waals surface area contributed by atoms with E-state index in [1.54, 1.807) is 27.9 Å². The number of phenolic OH excluding ortho intramolecular Hbond substituents is 1. The molecule has 1 aliphatic heterocycles. The number of hydrogen-bond donors (Lipinski definition) is 2. The van der Waals surface area contributed by atoms with E-state index in [4.69, 9.17) is 14.2 Å². The number of nitrogens with zero attached hydrogens (tertiary/aromatic N) is 1. The van der Waals surface area contributed by atoms with E-state index in [0.29, 0.717) is 29.1 Å². The number of ether oxygens (including phenoxy) is 3. The number of allylic oxidation sites excluding steroid dienone is 3. The summed E-state index contributed by atoms with van der Waals surface area (Å²) in [6.07, 6.45) is 0.179. The van der Waals surface area contributed by atoms with Crippen molar-refractivity contribution < 1.29 is 33.8 Å². The molecular formula is C28H30N2O8. The van der Waals surface area contributed by atoms with Crippen molar-refractivity contribution in [1.29, 1.82) is 0 Å². The number of para-hydroxylation sites is 1. The summed E-state index contributed by atoms with van der Waals surface area (Å²) in [5.74, 6) is -2.09. The first-order chi connectivity index (χ1) is 18.1. The molecule has 0 spiro atoms. The van der Waals surface area contributed by atoms with Gasteiger partial charge in [0.15, 0.2) is 11.5 Å². The van der Waals surface area contributed by atoms with E-state index in [1.807, 2.05) is 24.3 Å². The minimum atomic E-state index is -0.961. The Kier molecular flexibility index (Phi) is 7.43. The quantitative estimate of drug-likeness (QED) is 0.303. The van der Waals surface area contributed by atoms with Crippen LogP contribution in [0.3, 0.4) is 0 Å². The number of phenols is 1. The molecule has 10 nitrogen and oxygen atoms in total. The average Bonchev–Trinajstić information content (AvgIpc) is 2.87. The second-order valence-electron chi connectivity index (χ2n) is 9.56. The van der Waals surface area contributed by atoms with Gasteiger partial charge in [-0.15, -0.1) is 0 Å². The number of benzene rings is 2. The summed E-state index contributed by atoms with van der Waals surface area (Å²) in [4.78, 5) is 38.1. The Labute approximate surface area is 220 Å². The molecule has 2 N–H and O–H groups in total. The molecule has 4 rings (SSSR count). The lowest BCUT2D eigenvalue weighted by Gasteiger charge is -2.37. The summed E-state index contributed by atoms with van der Waals surface area (Å²) in [6, 6.07) is 10.1. The number of nitro benzene ring substituents is 1. The monoisotopic (exact) mass is 522 g/mol. The second kappa shape index (κ2) is 10.6. The Balaban J connectivity index is 1.90. The van der Waals surface area contributed by atoms with Gasteiger partial charge in [0, 0.05) is 41.3 Å². The molecule has 1 heterocycles. The predicted octanol–water partition coefficient (Wildman–Crippen LogP) is 4.63. The minimum absolute atomic E-state index is 0.140. The summed E-state index contributed by atoms with van der Waals surface area (Å²) in [5.41, 5.74) is 2.16. The molecule has 38 heavy (non-hydrogen) atoms. The number of hydrogen-bond acceptors (Lipinski definition) is 9. The van der Waals surface area contributed by atoms with E-state index in [0.717, 1.165) is 5.56 Å². The van der Waals surface area contributed by atoms with Crippen LogP contribution in [-0.2, 0) is 14.3 Å². The third-order valence-corrected chi connectivity index (χ3v) is 6.80. The number of Topliss-reactive ketones (excluding diaryl/α,β-unsaturated/α-hetero) is 1. The summed E-state index contributed by atoms with van der Waals surface area (Å²) in [7, 11) is 2.85. The Morgan fingerprint density at radius 3 is 2.45 bits per heavy atom. The third-order valence-electron chi connectivity index (χ3n) is 6.80. The van der Waals surface area contributed by atoms with Gasteiger partial charge in [-0.1, -0.05) is 18.2 Å². The molecule has 0 fully saturated rings. The molecule has 0 unspecified atom stereocenters. The highest BCUT2D eigenvalue weighted by molar-refractivity contribution is 6.04. The van der Waals surface area contributed by atoms with Gasteiger partial charge in [0.25, 0.3) is 0 Å². The SMILES string of the molecule is COc1ccccc1[C@H]1CC(=O)C2=C(C1)NC(C)=C(C(=O)OC(C)C)[C@H]2c1cc(OC)c(O)c([N+](=O)[O-])c1. The van der Waals surface area contributed by atoms with Gasteiger partial charge in [0.05, 0.1) is 30.8 Å². The molecule has 2 aromatic rings. The molecule has 2 atom stereocenters. The van der Waals surface area contributed by atoms with Crippen LogP contribution >= 0.6 is 0 Å². The predicted molar refractivity (Wildman–Crippen MR) is 138 cm³/mol. The van der Waals surface area contributed by atoms with E-state index in [2.05, 4.69) is 5.32 Å². The Hall–Kier alpha value is -4.34. The van der Waals surface area contributed by atoms with Gasteiger partial charge >= 0.3 is 11.7 Å². The fourth-order valence-electron chi connectivity index (χ4n) is 5.22. The van der Waals surface area contributed by atoms with Crippen LogP contribution in [0.25, 0.3) is 0 Å². The molecule has 0 saturated carbocycles. The van der Waals surface area contributed by atoms with Crippen molar-refractivity contribution in [2.75, 3.05) is 14.2 Å². The number of nitrogens with one attached hydrogen (secondary N) is 1. The number of aromatic hydroxyl groups is 1. The van der Waals surface area contributed by atoms with Crippen molar-refractivity contribution in [3.8, 4) is 17.2 Å². The van der Waals surface area contributed by atoms with Crippen LogP contribution in [0.2, 0.25) is 0 Å². The van der Waals surface area contributed by atoms with Crippen LogP contribution < -0.4 is 14.8 Å². The molecule has 0 aromatic heterocycles. The molecule has 0 radical (unpaired) electrons. The van der Waals surface area contributed by atoms with Crippen LogP contribution in [0, 0.1) is 10.1 Å². The zero-order valence-corrected chi connectivity index (χ0v) is 21.9. The van der Waals surface area contributed by atoms with Gasteiger partial charge < -0.3 is 24.6 Å². The van der Waals surface area contributed by atoms with E-state index in [-0.39, 0.29) is 35.0 Å². The van der Waals surface area contributed by atoms with E-state index >= 15 is 0 Å². The van der Waals surface area contributed by atoms with E-state index < -0.39 is 34.4 Å². The number of rotatable bonds is 7. The van der Waals surface area contributed by atoms with Crippen LogP contribution in [0.1, 0.15) is 56.6 Å². The van der Waals surface area contributed by atoms with Crippen molar-refractivity contribution >= 4 is 17.4 Å². The molecule has 2 aliphatic rings. The molecule has 0 saturated heterocycles. The number of ketones is 1. The lowest BCUT2D eigenvalue weighted by Crippen LogP contribution is -2.36. The lowest BCUT2D eigenvalue weighted by molar-refractivity contribution is -0.386. The van der Waals surface area contributed by atoms with Crippen molar-refractivity contribution in [2.24, 2.45) is 0 Å². The minimum Gasteiger partial charge on any atom is -0.500 e. The number of dihydropyridines is 1. The highest BCUT2D eigenvalue weighted by Crippen LogP contribution is 2.49. The molecule has 2 aromatic carbocycles. The van der Waals surface area contributed by atoms with Crippen LogP contribution in [0.15, 0.2) is 58.9 Å². The maximum atomic E-state index is 13.8. The zero-order chi connectivity index (χ0) is 27.7. The van der Waals surface area contributed by atoms with Crippen molar-refractivity contribution in [3.63, 3.8) is 0 Å². The number of carbonyl (C=O) groups is 2. The number of esters is 1. The molecule has 200 valence electrons. The lowest BCUT2D eigenvalue weighted by atomic mass is 9.71.